The number of halogens is 2. The Labute approximate surface area is 275 Å². The lowest BCUT2D eigenvalue weighted by Gasteiger charge is -2.44. The molecular weight excluding hydrogens is 760 g/mol. The molecule has 1 atom stereocenters. The number of piperidine rings is 1. The van der Waals surface area contributed by atoms with Crippen LogP contribution in [-0.4, -0.2) is 37.6 Å². The molecule has 4 rings (SSSR count). The molecule has 0 aromatic heterocycles. The number of benzene rings is 3. The van der Waals surface area contributed by atoms with Crippen LogP contribution in [0.3, 0.4) is 0 Å². The Balaban J connectivity index is 1.37. The summed E-state index contributed by atoms with van der Waals surface area (Å²) < 4.78 is 17.5. The molecule has 0 saturated carbocycles. The molecule has 1 unspecified atom stereocenters. The van der Waals surface area contributed by atoms with Gasteiger partial charge in [-0.05, 0) is 81.4 Å². The Morgan fingerprint density at radius 2 is 1.49 bits per heavy atom. The van der Waals surface area contributed by atoms with E-state index in [1.165, 1.54) is 27.5 Å². The van der Waals surface area contributed by atoms with Gasteiger partial charge in [-0.1, -0.05) is 84.9 Å². The monoisotopic (exact) mass is 799 g/mol. The minimum absolute atomic E-state index is 0.0151. The van der Waals surface area contributed by atoms with Gasteiger partial charge in [0.2, 0.25) is 0 Å². The number of rotatable bonds is 13. The highest BCUT2D eigenvalue weighted by atomic mass is 127. The standard InChI is InChI=1S/C33H39I2NO4S/c1-32(2,31(37)38-3)26-18-16-25(17-19-26)30(39-34)15-10-22-36-23-20-29(21-24-36)33(40-41-35,27-11-6-4-7-12-27)28-13-8-5-9-14-28/h4-9,11-14,16-19,29-30H,10,15,20-24H2,1-3H3. The van der Waals surface area contributed by atoms with Crippen LogP contribution in [0.1, 0.15) is 67.9 Å². The molecule has 0 spiro atoms. The van der Waals surface area contributed by atoms with Crippen LogP contribution in [0.5, 0.6) is 0 Å². The molecule has 41 heavy (non-hydrogen) atoms. The quantitative estimate of drug-likeness (QED) is 0.0979. The third-order valence-corrected chi connectivity index (χ3v) is 9.96. The van der Waals surface area contributed by atoms with E-state index < -0.39 is 11.0 Å². The predicted octanol–water partition coefficient (Wildman–Crippen LogP) is 9.00. The summed E-state index contributed by atoms with van der Waals surface area (Å²) in [4.78, 5) is 14.8. The van der Waals surface area contributed by atoms with Gasteiger partial charge in [0, 0.05) is 27.1 Å². The number of esters is 1. The smallest absolute Gasteiger partial charge is 0.315 e. The van der Waals surface area contributed by atoms with Crippen molar-refractivity contribution < 1.29 is 16.8 Å². The molecule has 1 aliphatic rings. The van der Waals surface area contributed by atoms with Gasteiger partial charge in [-0.25, -0.2) is 0 Å². The highest BCUT2D eigenvalue weighted by Crippen LogP contribution is 2.48. The average molecular weight is 800 g/mol. The number of likely N-dealkylation sites (tertiary alicyclic amines) is 1. The molecule has 0 amide bonds. The first-order valence-electron chi connectivity index (χ1n) is 14.1. The van der Waals surface area contributed by atoms with Gasteiger partial charge in [0.25, 0.3) is 0 Å². The first kappa shape index (κ1) is 32.7. The molecule has 0 N–H and O–H groups in total. The fourth-order valence-corrected chi connectivity index (χ4v) is 7.86. The number of hydrogen-bond acceptors (Lipinski definition) is 6. The molecule has 0 radical (unpaired) electrons. The largest absolute Gasteiger partial charge is 0.468 e. The topological polar surface area (TPSA) is 48.0 Å². The number of hydrogen-bond donors (Lipinski definition) is 0. The van der Waals surface area contributed by atoms with Crippen molar-refractivity contribution in [2.45, 2.75) is 56.7 Å². The van der Waals surface area contributed by atoms with E-state index in [0.717, 1.165) is 56.4 Å². The normalized spacial score (nSPS) is 15.9. The van der Waals surface area contributed by atoms with Crippen LogP contribution in [0.4, 0.5) is 0 Å². The van der Waals surface area contributed by atoms with E-state index in [1.807, 2.05) is 49.0 Å². The second-order valence-corrected chi connectivity index (χ2v) is 13.1. The molecule has 8 heteroatoms. The summed E-state index contributed by atoms with van der Waals surface area (Å²) in [6, 6.07) is 29.6. The number of methoxy groups -OCH3 is 1. The van der Waals surface area contributed by atoms with Crippen LogP contribution in [0, 0.1) is 5.92 Å². The van der Waals surface area contributed by atoms with Crippen molar-refractivity contribution in [1.29, 1.82) is 0 Å². The maximum atomic E-state index is 12.2. The van der Waals surface area contributed by atoms with Crippen molar-refractivity contribution in [3.8, 4) is 0 Å². The molecule has 5 nitrogen and oxygen atoms in total. The lowest BCUT2D eigenvalue weighted by Crippen LogP contribution is -2.45. The van der Waals surface area contributed by atoms with E-state index in [9.17, 15) is 4.79 Å². The molecular formula is C33H39I2NO4S. The third kappa shape index (κ3) is 7.67. The summed E-state index contributed by atoms with van der Waals surface area (Å²) in [5.74, 6) is 0.143. The second-order valence-electron chi connectivity index (χ2n) is 11.2. The van der Waals surface area contributed by atoms with Crippen LogP contribution in [0.2, 0.25) is 0 Å². The molecule has 3 aromatic rings. The van der Waals surface area contributed by atoms with E-state index in [4.69, 9.17) is 12.0 Å². The fraction of sp³-hybridized carbons (Fsp3) is 0.424. The van der Waals surface area contributed by atoms with Crippen LogP contribution in [0.25, 0.3) is 0 Å². The molecule has 1 aliphatic heterocycles. The van der Waals surface area contributed by atoms with Crippen molar-refractivity contribution in [2.75, 3.05) is 26.7 Å². The van der Waals surface area contributed by atoms with Gasteiger partial charge in [-0.3, -0.25) is 8.98 Å². The zero-order chi connectivity index (χ0) is 29.3. The van der Waals surface area contributed by atoms with Gasteiger partial charge in [-0.2, -0.15) is 0 Å². The minimum atomic E-state index is -0.681. The average Bonchev–Trinajstić information content (AvgIpc) is 3.03. The van der Waals surface area contributed by atoms with Crippen LogP contribution in [0.15, 0.2) is 84.9 Å². The molecule has 220 valence electrons. The van der Waals surface area contributed by atoms with E-state index >= 15 is 0 Å². The first-order chi connectivity index (χ1) is 19.9. The molecule has 0 bridgehead atoms. The number of carbonyl (C=O) groups is 1. The zero-order valence-corrected chi connectivity index (χ0v) is 29.1. The van der Waals surface area contributed by atoms with Crippen molar-refractivity contribution in [3.05, 3.63) is 107 Å². The summed E-state index contributed by atoms with van der Waals surface area (Å²) in [6.45, 7) is 6.92. The Bertz CT molecular complexity index is 1180. The van der Waals surface area contributed by atoms with Crippen LogP contribution in [-0.2, 0) is 27.8 Å². The van der Waals surface area contributed by atoms with Gasteiger partial charge in [0.1, 0.15) is 28.6 Å². The third-order valence-electron chi connectivity index (χ3n) is 8.48. The summed E-state index contributed by atoms with van der Waals surface area (Å²) >= 11 is 4.27. The lowest BCUT2D eigenvalue weighted by molar-refractivity contribution is -0.146. The summed E-state index contributed by atoms with van der Waals surface area (Å²) in [5.41, 5.74) is 3.35. The SMILES string of the molecule is COC(=O)C(C)(C)c1ccc(C(CCCN2CCC(C(OSI)(c3ccccc3)c3ccccc3)CC2)OI)cc1. The molecule has 1 saturated heterocycles. The summed E-state index contributed by atoms with van der Waals surface area (Å²) in [6.07, 6.45) is 4.15. The first-order valence-corrected chi connectivity index (χ1v) is 18.3. The molecule has 0 aliphatic carbocycles. The highest BCUT2D eigenvalue weighted by Gasteiger charge is 2.45. The van der Waals surface area contributed by atoms with E-state index in [2.05, 4.69) is 98.9 Å². The Kier molecular flexibility index (Phi) is 12.4. The van der Waals surface area contributed by atoms with E-state index in [0.29, 0.717) is 5.92 Å². The molecule has 1 heterocycles. The highest BCUT2D eigenvalue weighted by molar-refractivity contribution is 14.2. The van der Waals surface area contributed by atoms with Crippen molar-refractivity contribution in [1.82, 2.24) is 4.90 Å². The Morgan fingerprint density at radius 3 is 1.98 bits per heavy atom. The van der Waals surface area contributed by atoms with Crippen LogP contribution < -0.4 is 0 Å². The minimum Gasteiger partial charge on any atom is -0.468 e. The maximum Gasteiger partial charge on any atom is 0.315 e. The van der Waals surface area contributed by atoms with Gasteiger partial charge in [0.05, 0.1) is 27.8 Å². The van der Waals surface area contributed by atoms with Crippen molar-refractivity contribution in [2.24, 2.45) is 5.92 Å². The molecule has 3 aromatic carbocycles. The Hall–Kier alpha value is -1.18. The van der Waals surface area contributed by atoms with Gasteiger partial charge in [0.15, 0.2) is 0 Å². The lowest BCUT2D eigenvalue weighted by atomic mass is 9.72. The van der Waals surface area contributed by atoms with Gasteiger partial charge in [-0.15, -0.1) is 0 Å². The van der Waals surface area contributed by atoms with Gasteiger partial charge >= 0.3 is 5.97 Å². The van der Waals surface area contributed by atoms with E-state index in [-0.39, 0.29) is 12.1 Å². The van der Waals surface area contributed by atoms with Crippen molar-refractivity contribution in [3.63, 3.8) is 0 Å². The van der Waals surface area contributed by atoms with Gasteiger partial charge < -0.3 is 12.7 Å². The maximum absolute atomic E-state index is 12.2. The second kappa shape index (κ2) is 15.5. The van der Waals surface area contributed by atoms with Crippen molar-refractivity contribution >= 4 is 59.4 Å². The summed E-state index contributed by atoms with van der Waals surface area (Å²) in [7, 11) is 2.87. The number of ether oxygens (including phenoxy) is 1. The predicted molar refractivity (Wildman–Crippen MR) is 184 cm³/mol. The fourth-order valence-electron chi connectivity index (χ4n) is 6.04. The summed E-state index contributed by atoms with van der Waals surface area (Å²) in [5, 5.41) is 0. The Morgan fingerprint density at radius 1 is 0.927 bits per heavy atom. The number of carbonyl (C=O) groups excluding carboxylic acids is 1. The number of nitrogens with zero attached hydrogens (tertiary/aromatic N) is 1. The molecule has 1 fully saturated rings. The zero-order valence-electron chi connectivity index (χ0n) is 23.9. The van der Waals surface area contributed by atoms with Crippen LogP contribution >= 0.6 is 53.4 Å². The van der Waals surface area contributed by atoms with E-state index in [1.54, 1.807) is 0 Å².